The number of nitrogens with zero attached hydrogens (tertiary/aromatic N) is 4. The van der Waals surface area contributed by atoms with Gasteiger partial charge in [0, 0.05) is 24.0 Å². The Morgan fingerprint density at radius 3 is 2.64 bits per heavy atom. The molecule has 1 saturated heterocycles. The van der Waals surface area contributed by atoms with Crippen molar-refractivity contribution in [2.45, 2.75) is 6.92 Å². The number of hydrogen-bond acceptors (Lipinski definition) is 6. The Hall–Kier alpha value is -3.25. The highest BCUT2D eigenvalue weighted by Gasteiger charge is 2.19. The van der Waals surface area contributed by atoms with Gasteiger partial charge in [0.25, 0.3) is 5.89 Å². The van der Waals surface area contributed by atoms with Gasteiger partial charge in [-0.05, 0) is 25.1 Å². The van der Waals surface area contributed by atoms with Crippen molar-refractivity contribution < 1.29 is 9.26 Å². The Kier molecular flexibility index (Phi) is 4.25. The van der Waals surface area contributed by atoms with Crippen molar-refractivity contribution in [1.29, 1.82) is 0 Å². The van der Waals surface area contributed by atoms with Crippen molar-refractivity contribution in [3.63, 3.8) is 0 Å². The molecule has 5 rings (SSSR count). The lowest BCUT2D eigenvalue weighted by Crippen LogP contribution is -2.36. The number of morpholine rings is 1. The quantitative estimate of drug-likeness (QED) is 0.540. The summed E-state index contributed by atoms with van der Waals surface area (Å²) in [6, 6.07) is 18.2. The first-order chi connectivity index (χ1) is 13.8. The largest absolute Gasteiger partial charge is 0.378 e. The summed E-state index contributed by atoms with van der Waals surface area (Å²) in [6.45, 7) is 5.12. The lowest BCUT2D eigenvalue weighted by Gasteiger charge is -2.28. The molecule has 0 aliphatic carbocycles. The molecule has 0 radical (unpaired) electrons. The molecule has 1 fully saturated rings. The Morgan fingerprint density at radius 2 is 1.79 bits per heavy atom. The van der Waals surface area contributed by atoms with Crippen LogP contribution in [0.2, 0.25) is 0 Å². The molecular weight excluding hydrogens is 352 g/mol. The second kappa shape index (κ2) is 7.05. The predicted octanol–water partition coefficient (Wildman–Crippen LogP) is 4.10. The highest BCUT2D eigenvalue weighted by molar-refractivity contribution is 5.94. The standard InChI is InChI=1S/C22H20N4O2/c1-15-5-4-6-16(13-15)21-24-22(28-25-21)18-14-20(26-9-11-27-12-10-26)23-19-8-3-2-7-17(18)19/h2-8,13-14H,9-12H2,1H3. The summed E-state index contributed by atoms with van der Waals surface area (Å²) in [7, 11) is 0. The maximum Gasteiger partial charge on any atom is 0.259 e. The lowest BCUT2D eigenvalue weighted by molar-refractivity contribution is 0.122. The van der Waals surface area contributed by atoms with Crippen molar-refractivity contribution in [2.24, 2.45) is 0 Å². The van der Waals surface area contributed by atoms with Crippen LogP contribution < -0.4 is 4.90 Å². The predicted molar refractivity (Wildman–Crippen MR) is 108 cm³/mol. The van der Waals surface area contributed by atoms with Crippen LogP contribution in [0.5, 0.6) is 0 Å². The maximum atomic E-state index is 5.66. The van der Waals surface area contributed by atoms with Crippen molar-refractivity contribution in [3.8, 4) is 22.8 Å². The number of anilines is 1. The molecule has 2 aromatic heterocycles. The third-order valence-electron chi connectivity index (χ3n) is 4.97. The zero-order valence-electron chi connectivity index (χ0n) is 15.6. The summed E-state index contributed by atoms with van der Waals surface area (Å²) in [4.78, 5) is 11.8. The van der Waals surface area contributed by atoms with E-state index in [4.69, 9.17) is 14.2 Å². The summed E-state index contributed by atoms with van der Waals surface area (Å²) in [6.07, 6.45) is 0. The zero-order chi connectivity index (χ0) is 18.9. The van der Waals surface area contributed by atoms with Gasteiger partial charge in [0.15, 0.2) is 0 Å². The van der Waals surface area contributed by atoms with E-state index in [0.29, 0.717) is 24.9 Å². The maximum absolute atomic E-state index is 5.66. The van der Waals surface area contributed by atoms with Crippen LogP contribution in [0.4, 0.5) is 5.82 Å². The number of pyridine rings is 1. The normalized spacial score (nSPS) is 14.5. The van der Waals surface area contributed by atoms with Crippen LogP contribution in [0.1, 0.15) is 5.56 Å². The van der Waals surface area contributed by atoms with E-state index in [9.17, 15) is 0 Å². The molecule has 4 aromatic rings. The molecule has 0 atom stereocenters. The first-order valence-electron chi connectivity index (χ1n) is 9.41. The Labute approximate surface area is 162 Å². The smallest absolute Gasteiger partial charge is 0.259 e. The van der Waals surface area contributed by atoms with Gasteiger partial charge in [0.1, 0.15) is 5.82 Å². The van der Waals surface area contributed by atoms with Gasteiger partial charge in [0.2, 0.25) is 5.82 Å². The Morgan fingerprint density at radius 1 is 0.929 bits per heavy atom. The van der Waals surface area contributed by atoms with Gasteiger partial charge in [-0.15, -0.1) is 0 Å². The third-order valence-corrected chi connectivity index (χ3v) is 4.97. The second-order valence-corrected chi connectivity index (χ2v) is 6.94. The van der Waals surface area contributed by atoms with E-state index in [2.05, 4.69) is 34.1 Å². The summed E-state index contributed by atoms with van der Waals surface area (Å²) < 4.78 is 11.1. The molecule has 28 heavy (non-hydrogen) atoms. The average Bonchev–Trinajstić information content (AvgIpc) is 3.24. The Bertz CT molecular complexity index is 1130. The number of ether oxygens (including phenoxy) is 1. The van der Waals surface area contributed by atoms with Crippen molar-refractivity contribution in [2.75, 3.05) is 31.2 Å². The van der Waals surface area contributed by atoms with Crippen LogP contribution in [0.15, 0.2) is 59.1 Å². The van der Waals surface area contributed by atoms with Crippen LogP contribution in [0, 0.1) is 6.92 Å². The zero-order valence-corrected chi connectivity index (χ0v) is 15.6. The van der Waals surface area contributed by atoms with E-state index in [1.165, 1.54) is 0 Å². The highest BCUT2D eigenvalue weighted by Crippen LogP contribution is 2.32. The van der Waals surface area contributed by atoms with Gasteiger partial charge in [-0.25, -0.2) is 4.98 Å². The van der Waals surface area contributed by atoms with Gasteiger partial charge >= 0.3 is 0 Å². The van der Waals surface area contributed by atoms with Crippen LogP contribution in [0.25, 0.3) is 33.7 Å². The molecule has 2 aromatic carbocycles. The SMILES string of the molecule is Cc1cccc(-c2noc(-c3cc(N4CCOCC4)nc4ccccc34)n2)c1. The molecular formula is C22H20N4O2. The van der Waals surface area contributed by atoms with E-state index >= 15 is 0 Å². The van der Waals surface area contributed by atoms with Crippen LogP contribution in [-0.4, -0.2) is 41.4 Å². The van der Waals surface area contributed by atoms with Gasteiger partial charge < -0.3 is 14.2 Å². The summed E-state index contributed by atoms with van der Waals surface area (Å²) in [5, 5.41) is 5.21. The molecule has 3 heterocycles. The fourth-order valence-electron chi connectivity index (χ4n) is 3.53. The van der Waals surface area contributed by atoms with Gasteiger partial charge in [-0.2, -0.15) is 4.98 Å². The number of benzene rings is 2. The van der Waals surface area contributed by atoms with Crippen LogP contribution in [0.3, 0.4) is 0 Å². The number of rotatable bonds is 3. The average molecular weight is 372 g/mol. The van der Waals surface area contributed by atoms with E-state index in [1.807, 2.05) is 42.5 Å². The number of para-hydroxylation sites is 1. The molecule has 6 nitrogen and oxygen atoms in total. The first kappa shape index (κ1) is 16.9. The van der Waals surface area contributed by atoms with Crippen LogP contribution >= 0.6 is 0 Å². The van der Waals surface area contributed by atoms with Gasteiger partial charge in [-0.3, -0.25) is 0 Å². The van der Waals surface area contributed by atoms with Crippen molar-refractivity contribution in [1.82, 2.24) is 15.1 Å². The fourth-order valence-corrected chi connectivity index (χ4v) is 3.53. The molecule has 0 saturated carbocycles. The lowest BCUT2D eigenvalue weighted by atomic mass is 10.1. The number of aryl methyl sites for hydroxylation is 1. The molecule has 0 unspecified atom stereocenters. The van der Waals surface area contributed by atoms with Crippen molar-refractivity contribution >= 4 is 16.7 Å². The summed E-state index contributed by atoms with van der Waals surface area (Å²) >= 11 is 0. The second-order valence-electron chi connectivity index (χ2n) is 6.94. The third kappa shape index (κ3) is 3.12. The number of aromatic nitrogens is 3. The van der Waals surface area contributed by atoms with E-state index in [-0.39, 0.29) is 0 Å². The molecule has 0 N–H and O–H groups in total. The van der Waals surface area contributed by atoms with Crippen molar-refractivity contribution in [3.05, 3.63) is 60.2 Å². The van der Waals surface area contributed by atoms with Gasteiger partial charge in [0.05, 0.1) is 24.3 Å². The molecule has 140 valence electrons. The minimum Gasteiger partial charge on any atom is -0.378 e. The minimum atomic E-state index is 0.504. The summed E-state index contributed by atoms with van der Waals surface area (Å²) in [5.41, 5.74) is 3.92. The molecule has 1 aliphatic rings. The van der Waals surface area contributed by atoms with E-state index < -0.39 is 0 Å². The molecule has 0 spiro atoms. The van der Waals surface area contributed by atoms with E-state index in [0.717, 1.165) is 46.5 Å². The topological polar surface area (TPSA) is 64.3 Å². The fraction of sp³-hybridized carbons (Fsp3) is 0.227. The molecule has 1 aliphatic heterocycles. The van der Waals surface area contributed by atoms with Gasteiger partial charge in [-0.1, -0.05) is 47.1 Å². The number of hydrogen-bond donors (Lipinski definition) is 0. The monoisotopic (exact) mass is 372 g/mol. The molecule has 0 amide bonds. The molecule has 0 bridgehead atoms. The van der Waals surface area contributed by atoms with E-state index in [1.54, 1.807) is 0 Å². The van der Waals surface area contributed by atoms with Crippen LogP contribution in [-0.2, 0) is 4.74 Å². The summed E-state index contributed by atoms with van der Waals surface area (Å²) in [5.74, 6) is 2.00. The minimum absolute atomic E-state index is 0.504. The highest BCUT2D eigenvalue weighted by atomic mass is 16.5. The molecule has 6 heteroatoms. The first-order valence-corrected chi connectivity index (χ1v) is 9.41. The number of fused-ring (bicyclic) bond motifs is 1. The Balaban J connectivity index is 1.62.